The number of nitrogens with one attached hydrogen (secondary N) is 1. The molecule has 112 valence electrons. The summed E-state index contributed by atoms with van der Waals surface area (Å²) in [6, 6.07) is 6.10. The van der Waals surface area contributed by atoms with Gasteiger partial charge in [-0.1, -0.05) is 12.1 Å². The molecule has 0 spiro atoms. The Hall–Kier alpha value is -1.80. The van der Waals surface area contributed by atoms with Crippen LogP contribution < -0.4 is 4.72 Å². The van der Waals surface area contributed by atoms with Gasteiger partial charge in [0.15, 0.2) is 0 Å². The summed E-state index contributed by atoms with van der Waals surface area (Å²) in [4.78, 5) is 15.7. The molecule has 1 N–H and O–H groups in total. The van der Waals surface area contributed by atoms with E-state index in [-0.39, 0.29) is 12.2 Å². The normalized spacial score (nSPS) is 11.3. The lowest BCUT2D eigenvalue weighted by molar-refractivity contribution is -0.118. The van der Waals surface area contributed by atoms with E-state index in [1.54, 1.807) is 17.5 Å². The number of benzene rings is 1. The van der Waals surface area contributed by atoms with Crippen LogP contribution in [0.3, 0.4) is 0 Å². The largest absolute Gasteiger partial charge is 0.274 e. The molecule has 2 rings (SSSR count). The minimum Gasteiger partial charge on any atom is -0.274 e. The van der Waals surface area contributed by atoms with Gasteiger partial charge < -0.3 is 0 Å². The van der Waals surface area contributed by atoms with E-state index in [4.69, 9.17) is 0 Å². The number of halogens is 1. The molecule has 1 amide bonds. The highest BCUT2D eigenvalue weighted by Crippen LogP contribution is 2.15. The number of aromatic nitrogens is 1. The van der Waals surface area contributed by atoms with Crippen LogP contribution in [-0.4, -0.2) is 25.6 Å². The number of carbonyl (C=O) groups is 1. The van der Waals surface area contributed by atoms with Crippen molar-refractivity contribution in [2.45, 2.75) is 12.8 Å². The second-order valence-electron chi connectivity index (χ2n) is 4.51. The maximum absolute atomic E-state index is 12.8. The van der Waals surface area contributed by atoms with Gasteiger partial charge in [0, 0.05) is 11.8 Å². The third kappa shape index (κ3) is 5.24. The number of carbonyl (C=O) groups excluding carboxylic acids is 1. The minimum atomic E-state index is -3.55. The zero-order valence-electron chi connectivity index (χ0n) is 11.2. The van der Waals surface area contributed by atoms with E-state index in [0.29, 0.717) is 12.1 Å². The number of amides is 1. The van der Waals surface area contributed by atoms with Gasteiger partial charge in [0.2, 0.25) is 15.9 Å². The van der Waals surface area contributed by atoms with Crippen LogP contribution in [0.4, 0.5) is 4.39 Å². The molecular weight excluding hydrogens is 315 g/mol. The maximum Gasteiger partial charge on any atom is 0.239 e. The van der Waals surface area contributed by atoms with Gasteiger partial charge in [-0.15, -0.1) is 11.3 Å². The molecule has 0 unspecified atom stereocenters. The predicted octanol–water partition coefficient (Wildman–Crippen LogP) is 1.49. The smallest absolute Gasteiger partial charge is 0.239 e. The zero-order chi connectivity index (χ0) is 15.5. The van der Waals surface area contributed by atoms with E-state index in [9.17, 15) is 17.6 Å². The van der Waals surface area contributed by atoms with Gasteiger partial charge in [0.1, 0.15) is 5.82 Å². The molecular formula is C13H13FN2O3S2. The van der Waals surface area contributed by atoms with Gasteiger partial charge in [-0.05, 0) is 17.7 Å². The van der Waals surface area contributed by atoms with Crippen molar-refractivity contribution in [3.8, 4) is 0 Å². The fourth-order valence-corrected chi connectivity index (χ4v) is 3.01. The molecule has 1 aromatic heterocycles. The van der Waals surface area contributed by atoms with Crippen molar-refractivity contribution in [2.24, 2.45) is 0 Å². The van der Waals surface area contributed by atoms with Crippen molar-refractivity contribution in [3.63, 3.8) is 0 Å². The average Bonchev–Trinajstić information content (AvgIpc) is 2.77. The van der Waals surface area contributed by atoms with Crippen LogP contribution in [0.1, 0.15) is 16.3 Å². The van der Waals surface area contributed by atoms with E-state index in [0.717, 1.165) is 16.8 Å². The van der Waals surface area contributed by atoms with Crippen LogP contribution in [-0.2, 0) is 27.7 Å². The summed E-state index contributed by atoms with van der Waals surface area (Å²) in [6.07, 6.45) is 1.37. The van der Waals surface area contributed by atoms with Gasteiger partial charge in [-0.2, -0.15) is 0 Å². The molecule has 2 aromatic rings. The summed E-state index contributed by atoms with van der Waals surface area (Å²) in [5.41, 5.74) is 1.43. The monoisotopic (exact) mass is 328 g/mol. The third-order valence-corrected chi connectivity index (χ3v) is 4.00. The lowest BCUT2D eigenvalue weighted by Crippen LogP contribution is -2.30. The first kappa shape index (κ1) is 15.6. The van der Waals surface area contributed by atoms with Gasteiger partial charge in [0.25, 0.3) is 0 Å². The molecule has 0 atom stereocenters. The first-order valence-corrected chi connectivity index (χ1v) is 8.77. The molecule has 5 nitrogen and oxygen atoms in total. The van der Waals surface area contributed by atoms with Gasteiger partial charge >= 0.3 is 0 Å². The van der Waals surface area contributed by atoms with Gasteiger partial charge in [-0.25, -0.2) is 17.8 Å². The Balaban J connectivity index is 1.98. The fraction of sp³-hybridized carbons (Fsp3) is 0.231. The Bertz CT molecular complexity index is 739. The van der Waals surface area contributed by atoms with Crippen molar-refractivity contribution < 1.29 is 17.6 Å². The molecule has 8 heteroatoms. The number of hydrogen-bond donors (Lipinski definition) is 1. The Morgan fingerprint density at radius 3 is 2.62 bits per heavy atom. The summed E-state index contributed by atoms with van der Waals surface area (Å²) >= 11 is 1.37. The van der Waals surface area contributed by atoms with Gasteiger partial charge in [0.05, 0.1) is 23.4 Å². The predicted molar refractivity (Wildman–Crippen MR) is 78.0 cm³/mol. The molecule has 1 aromatic carbocycles. The molecule has 0 aliphatic rings. The molecule has 1 heterocycles. The van der Waals surface area contributed by atoms with E-state index in [1.807, 2.05) is 4.72 Å². The Morgan fingerprint density at radius 1 is 1.33 bits per heavy atom. The van der Waals surface area contributed by atoms with E-state index in [1.165, 1.54) is 23.5 Å². The fourth-order valence-electron chi connectivity index (χ4n) is 1.70. The summed E-state index contributed by atoms with van der Waals surface area (Å²) in [5.74, 6) is -0.910. The van der Waals surface area contributed by atoms with E-state index >= 15 is 0 Å². The lowest BCUT2D eigenvalue weighted by atomic mass is 10.1. The Morgan fingerprint density at radius 2 is 2.00 bits per heavy atom. The molecule has 0 saturated carbocycles. The average molecular weight is 328 g/mol. The van der Waals surface area contributed by atoms with Crippen LogP contribution in [0, 0.1) is 5.82 Å². The van der Waals surface area contributed by atoms with Crippen molar-refractivity contribution >= 4 is 27.3 Å². The molecule has 0 radical (unpaired) electrons. The van der Waals surface area contributed by atoms with Crippen molar-refractivity contribution in [1.82, 2.24) is 9.71 Å². The van der Waals surface area contributed by atoms with Crippen LogP contribution in [0.15, 0.2) is 29.6 Å². The summed E-state index contributed by atoms with van der Waals surface area (Å²) < 4.78 is 36.5. The van der Waals surface area contributed by atoms with Crippen LogP contribution in [0.2, 0.25) is 0 Å². The number of sulfonamides is 1. The topological polar surface area (TPSA) is 76.1 Å². The minimum absolute atomic E-state index is 0.0903. The van der Waals surface area contributed by atoms with Crippen LogP contribution in [0.5, 0.6) is 0 Å². The molecule has 0 saturated heterocycles. The first-order chi connectivity index (χ1) is 9.82. The highest BCUT2D eigenvalue weighted by Gasteiger charge is 2.12. The van der Waals surface area contributed by atoms with Crippen molar-refractivity contribution in [2.75, 3.05) is 6.26 Å². The molecule has 0 aliphatic heterocycles. The van der Waals surface area contributed by atoms with Gasteiger partial charge in [-0.3, -0.25) is 9.52 Å². The molecule has 0 aliphatic carbocycles. The number of rotatable bonds is 5. The quantitative estimate of drug-likeness (QED) is 0.902. The van der Waals surface area contributed by atoms with Crippen molar-refractivity contribution in [3.05, 3.63) is 51.7 Å². The number of hydrogen-bond acceptors (Lipinski definition) is 5. The van der Waals surface area contributed by atoms with Crippen molar-refractivity contribution in [1.29, 1.82) is 0 Å². The number of nitrogens with zero attached hydrogens (tertiary/aromatic N) is 1. The second kappa shape index (κ2) is 6.31. The Labute approximate surface area is 125 Å². The molecule has 21 heavy (non-hydrogen) atoms. The number of thiazole rings is 1. The van der Waals surface area contributed by atoms with E-state index < -0.39 is 15.9 Å². The standard InChI is InChI=1S/C13H13FN2O3S2/c1-21(18,19)16-12(17)7-11-8-20-13(15-11)6-9-2-4-10(14)5-3-9/h2-5,8H,6-7H2,1H3,(H,16,17). The highest BCUT2D eigenvalue weighted by molar-refractivity contribution is 7.89. The summed E-state index contributed by atoms with van der Waals surface area (Å²) in [7, 11) is -3.55. The van der Waals surface area contributed by atoms with E-state index in [2.05, 4.69) is 4.98 Å². The maximum atomic E-state index is 12.8. The molecule has 0 fully saturated rings. The molecule has 0 bridgehead atoms. The zero-order valence-corrected chi connectivity index (χ0v) is 12.8. The van der Waals surface area contributed by atoms with Crippen LogP contribution >= 0.6 is 11.3 Å². The van der Waals surface area contributed by atoms with Crippen LogP contribution in [0.25, 0.3) is 0 Å². The third-order valence-electron chi connectivity index (χ3n) is 2.51. The lowest BCUT2D eigenvalue weighted by Gasteiger charge is -2.00. The first-order valence-electron chi connectivity index (χ1n) is 6.00. The second-order valence-corrected chi connectivity index (χ2v) is 7.20. The summed E-state index contributed by atoms with van der Waals surface area (Å²) in [5, 5.41) is 2.49. The highest BCUT2D eigenvalue weighted by atomic mass is 32.2. The summed E-state index contributed by atoms with van der Waals surface area (Å²) in [6.45, 7) is 0. The SMILES string of the molecule is CS(=O)(=O)NC(=O)Cc1csc(Cc2ccc(F)cc2)n1. The Kier molecular flexibility index (Phi) is 4.69.